The molecule has 1 N–H and O–H groups in total. The maximum atomic E-state index is 11.8. The third kappa shape index (κ3) is 1.96. The van der Waals surface area contributed by atoms with Gasteiger partial charge in [0.25, 0.3) is 0 Å². The average molecular weight is 253 g/mol. The van der Waals surface area contributed by atoms with Crippen LogP contribution in [0.4, 0.5) is 10.7 Å². The van der Waals surface area contributed by atoms with Crippen LogP contribution < -0.4 is 4.90 Å². The molecule has 1 aromatic rings. The molecule has 1 aliphatic heterocycles. The van der Waals surface area contributed by atoms with E-state index in [9.17, 15) is 9.90 Å². The standard InChI is InChI=1S/C12H19N3O3/c1-5-12(2,3)8-6-10(18-13-8)15-9(16)7-14(4)11(15)17/h6,9,16H,5,7H2,1-4H3. The molecule has 18 heavy (non-hydrogen) atoms. The Balaban J connectivity index is 2.28. The van der Waals surface area contributed by atoms with Crippen LogP contribution in [0.1, 0.15) is 32.9 Å². The van der Waals surface area contributed by atoms with E-state index in [4.69, 9.17) is 4.52 Å². The van der Waals surface area contributed by atoms with Gasteiger partial charge in [-0.15, -0.1) is 0 Å². The monoisotopic (exact) mass is 253 g/mol. The van der Waals surface area contributed by atoms with Gasteiger partial charge in [-0.25, -0.2) is 9.69 Å². The van der Waals surface area contributed by atoms with Crippen LogP contribution in [0.5, 0.6) is 0 Å². The quantitative estimate of drug-likeness (QED) is 0.887. The Labute approximate surface area is 106 Å². The number of carbonyl (C=O) groups is 1. The van der Waals surface area contributed by atoms with E-state index in [-0.39, 0.29) is 18.0 Å². The molecular weight excluding hydrogens is 234 g/mol. The van der Waals surface area contributed by atoms with Crippen LogP contribution >= 0.6 is 0 Å². The number of rotatable bonds is 3. The van der Waals surface area contributed by atoms with E-state index in [1.807, 2.05) is 0 Å². The molecule has 2 heterocycles. The third-order valence-corrected chi connectivity index (χ3v) is 3.58. The number of aromatic nitrogens is 1. The predicted molar refractivity (Wildman–Crippen MR) is 66.3 cm³/mol. The van der Waals surface area contributed by atoms with E-state index < -0.39 is 6.23 Å². The highest BCUT2D eigenvalue weighted by Crippen LogP contribution is 2.31. The first-order valence-corrected chi connectivity index (χ1v) is 6.06. The van der Waals surface area contributed by atoms with Crippen molar-refractivity contribution in [2.24, 2.45) is 0 Å². The number of aliphatic hydroxyl groups excluding tert-OH is 1. The molecule has 0 aliphatic carbocycles. The zero-order valence-electron chi connectivity index (χ0n) is 11.2. The molecule has 1 unspecified atom stereocenters. The summed E-state index contributed by atoms with van der Waals surface area (Å²) in [5, 5.41) is 13.8. The van der Waals surface area contributed by atoms with Crippen LogP contribution in [0, 0.1) is 0 Å². The first-order valence-electron chi connectivity index (χ1n) is 6.06. The topological polar surface area (TPSA) is 69.8 Å². The van der Waals surface area contributed by atoms with Crippen molar-refractivity contribution in [3.63, 3.8) is 0 Å². The second kappa shape index (κ2) is 4.28. The van der Waals surface area contributed by atoms with Gasteiger partial charge in [-0.2, -0.15) is 0 Å². The Bertz CT molecular complexity index is 455. The van der Waals surface area contributed by atoms with Gasteiger partial charge in [-0.3, -0.25) is 0 Å². The van der Waals surface area contributed by atoms with Crippen molar-refractivity contribution in [3.05, 3.63) is 11.8 Å². The van der Waals surface area contributed by atoms with Gasteiger partial charge in [0.1, 0.15) is 0 Å². The van der Waals surface area contributed by atoms with Gasteiger partial charge >= 0.3 is 6.03 Å². The molecule has 0 radical (unpaired) electrons. The van der Waals surface area contributed by atoms with Crippen molar-refractivity contribution in [3.8, 4) is 0 Å². The molecule has 6 nitrogen and oxygen atoms in total. The van der Waals surface area contributed by atoms with E-state index in [1.165, 1.54) is 9.80 Å². The molecule has 1 aromatic heterocycles. The fraction of sp³-hybridized carbons (Fsp3) is 0.667. The van der Waals surface area contributed by atoms with Crippen LogP contribution in [0.25, 0.3) is 0 Å². The number of β-amino-alcohol motifs (C(OH)–C–C–N with tert-alkyl or cyclic N) is 1. The number of aliphatic hydroxyl groups is 1. The van der Waals surface area contributed by atoms with Gasteiger partial charge < -0.3 is 14.5 Å². The van der Waals surface area contributed by atoms with Crippen LogP contribution in [0.2, 0.25) is 0 Å². The first-order chi connectivity index (χ1) is 8.36. The largest absolute Gasteiger partial charge is 0.371 e. The first kappa shape index (κ1) is 12.9. The zero-order valence-corrected chi connectivity index (χ0v) is 11.2. The summed E-state index contributed by atoms with van der Waals surface area (Å²) in [6.45, 7) is 6.45. The fourth-order valence-electron chi connectivity index (χ4n) is 1.84. The van der Waals surface area contributed by atoms with Crippen molar-refractivity contribution in [1.29, 1.82) is 0 Å². The van der Waals surface area contributed by atoms with E-state index in [1.54, 1.807) is 13.1 Å². The lowest BCUT2D eigenvalue weighted by atomic mass is 9.87. The van der Waals surface area contributed by atoms with Crippen molar-refractivity contribution < 1.29 is 14.4 Å². The number of anilines is 1. The van der Waals surface area contributed by atoms with E-state index in [0.29, 0.717) is 5.88 Å². The summed E-state index contributed by atoms with van der Waals surface area (Å²) in [6.07, 6.45) is 0.0306. The Kier molecular flexibility index (Phi) is 3.06. The van der Waals surface area contributed by atoms with Crippen LogP contribution in [0.15, 0.2) is 10.6 Å². The summed E-state index contributed by atoms with van der Waals surface area (Å²) in [5.41, 5.74) is 0.677. The number of amides is 2. The highest BCUT2D eigenvalue weighted by molar-refractivity contribution is 5.93. The zero-order chi connectivity index (χ0) is 13.5. The number of urea groups is 1. The van der Waals surface area contributed by atoms with E-state index >= 15 is 0 Å². The van der Waals surface area contributed by atoms with Gasteiger partial charge in [-0.1, -0.05) is 25.9 Å². The Morgan fingerprint density at radius 2 is 2.28 bits per heavy atom. The van der Waals surface area contributed by atoms with Crippen LogP contribution in [-0.2, 0) is 5.41 Å². The minimum Gasteiger partial charge on any atom is -0.371 e. The molecule has 1 saturated heterocycles. The lowest BCUT2D eigenvalue weighted by molar-refractivity contribution is 0.178. The second-order valence-electron chi connectivity index (χ2n) is 5.30. The van der Waals surface area contributed by atoms with Gasteiger partial charge in [0.05, 0.1) is 12.2 Å². The molecule has 0 saturated carbocycles. The van der Waals surface area contributed by atoms with Crippen molar-refractivity contribution in [2.45, 2.75) is 38.8 Å². The van der Waals surface area contributed by atoms with Gasteiger partial charge in [0, 0.05) is 18.5 Å². The lowest BCUT2D eigenvalue weighted by Gasteiger charge is -2.18. The molecule has 2 rings (SSSR count). The van der Waals surface area contributed by atoms with Gasteiger partial charge in [0.2, 0.25) is 5.88 Å². The molecule has 1 fully saturated rings. The summed E-state index contributed by atoms with van der Waals surface area (Å²) >= 11 is 0. The summed E-state index contributed by atoms with van der Waals surface area (Å²) in [7, 11) is 1.64. The predicted octanol–water partition coefficient (Wildman–Crippen LogP) is 1.55. The smallest absolute Gasteiger partial charge is 0.329 e. The number of hydrogen-bond donors (Lipinski definition) is 1. The SMILES string of the molecule is CCC(C)(C)c1cc(N2C(=O)N(C)CC2O)on1. The third-order valence-electron chi connectivity index (χ3n) is 3.58. The number of hydrogen-bond acceptors (Lipinski definition) is 4. The molecule has 0 spiro atoms. The van der Waals surface area contributed by atoms with Gasteiger partial charge in [0.15, 0.2) is 6.23 Å². The highest BCUT2D eigenvalue weighted by atomic mass is 16.5. The normalized spacial score (nSPS) is 20.9. The molecule has 6 heteroatoms. The minimum atomic E-state index is -0.881. The lowest BCUT2D eigenvalue weighted by Crippen LogP contribution is -2.33. The van der Waals surface area contributed by atoms with Crippen LogP contribution in [0.3, 0.4) is 0 Å². The Hall–Kier alpha value is -1.56. The van der Waals surface area contributed by atoms with Crippen molar-refractivity contribution >= 4 is 11.9 Å². The summed E-state index contributed by atoms with van der Waals surface area (Å²) in [5.74, 6) is 0.299. The molecule has 0 bridgehead atoms. The molecular formula is C12H19N3O3. The maximum absolute atomic E-state index is 11.8. The average Bonchev–Trinajstić information content (AvgIpc) is 2.86. The number of carbonyl (C=O) groups excluding carboxylic acids is 1. The van der Waals surface area contributed by atoms with Crippen molar-refractivity contribution in [2.75, 3.05) is 18.5 Å². The van der Waals surface area contributed by atoms with E-state index in [2.05, 4.69) is 25.9 Å². The second-order valence-corrected chi connectivity index (χ2v) is 5.30. The molecule has 100 valence electrons. The van der Waals surface area contributed by atoms with E-state index in [0.717, 1.165) is 12.1 Å². The van der Waals surface area contributed by atoms with Crippen molar-refractivity contribution in [1.82, 2.24) is 10.1 Å². The summed E-state index contributed by atoms with van der Waals surface area (Å²) in [4.78, 5) is 14.5. The highest BCUT2D eigenvalue weighted by Gasteiger charge is 2.38. The fourth-order valence-corrected chi connectivity index (χ4v) is 1.84. The number of nitrogens with zero attached hydrogens (tertiary/aromatic N) is 3. The molecule has 1 atom stereocenters. The minimum absolute atomic E-state index is 0.110. The van der Waals surface area contributed by atoms with Gasteiger partial charge in [-0.05, 0) is 6.42 Å². The molecule has 1 aliphatic rings. The molecule has 2 amide bonds. The number of likely N-dealkylation sites (N-methyl/N-ethyl adjacent to an activating group) is 1. The maximum Gasteiger partial charge on any atom is 0.329 e. The molecule has 0 aromatic carbocycles. The van der Waals surface area contributed by atoms with Crippen LogP contribution in [-0.4, -0.2) is 41.0 Å². The summed E-state index contributed by atoms with van der Waals surface area (Å²) in [6, 6.07) is 1.45. The summed E-state index contributed by atoms with van der Waals surface area (Å²) < 4.78 is 5.19. The Morgan fingerprint density at radius 1 is 1.61 bits per heavy atom. The Morgan fingerprint density at radius 3 is 2.78 bits per heavy atom.